The van der Waals surface area contributed by atoms with Crippen molar-refractivity contribution in [3.8, 4) is 0 Å². The first-order valence-electron chi connectivity index (χ1n) is 2.71. The largest absolute Gasteiger partial charge is 0.252 e. The molecule has 0 aromatic rings. The fraction of sp³-hybridized carbons (Fsp3) is 0.667. The third-order valence-electron chi connectivity index (χ3n) is 0.803. The number of rotatable bonds is 2. The van der Waals surface area contributed by atoms with E-state index >= 15 is 0 Å². The smallest absolute Gasteiger partial charge is 0.0412 e. The minimum atomic E-state index is 0.00634. The van der Waals surface area contributed by atoms with Crippen molar-refractivity contribution in [2.45, 2.75) is 26.3 Å². The van der Waals surface area contributed by atoms with Crippen LogP contribution in [0.25, 0.3) is 0 Å². The van der Waals surface area contributed by atoms with Gasteiger partial charge in [-0.1, -0.05) is 17.7 Å². The normalized spacial score (nSPS) is 14.1. The lowest BCUT2D eigenvalue weighted by molar-refractivity contribution is 0.620. The SMILES string of the molecule is C/C(Cl)=C\C(C)(C)NI. The Bertz CT molecular complexity index is 116. The Hall–Kier alpha value is 0.720. The van der Waals surface area contributed by atoms with Crippen molar-refractivity contribution in [1.29, 1.82) is 0 Å². The quantitative estimate of drug-likeness (QED) is 0.594. The molecule has 0 bridgehead atoms. The van der Waals surface area contributed by atoms with Gasteiger partial charge in [0.25, 0.3) is 0 Å². The van der Waals surface area contributed by atoms with Gasteiger partial charge in [-0.3, -0.25) is 3.53 Å². The molecule has 0 aliphatic heterocycles. The van der Waals surface area contributed by atoms with E-state index in [1.165, 1.54) is 0 Å². The standard InChI is InChI=1S/C6H11ClIN/c1-5(7)4-6(2,3)9-8/h4,9H,1-3H3/b5-4+. The summed E-state index contributed by atoms with van der Waals surface area (Å²) in [4.78, 5) is 0. The van der Waals surface area contributed by atoms with Gasteiger partial charge >= 0.3 is 0 Å². The van der Waals surface area contributed by atoms with Gasteiger partial charge in [-0.15, -0.1) is 0 Å². The van der Waals surface area contributed by atoms with E-state index in [0.717, 1.165) is 5.03 Å². The molecule has 1 nitrogen and oxygen atoms in total. The van der Waals surface area contributed by atoms with Gasteiger partial charge in [0.1, 0.15) is 0 Å². The summed E-state index contributed by atoms with van der Waals surface area (Å²) < 4.78 is 3.08. The second-order valence-electron chi connectivity index (χ2n) is 2.55. The lowest BCUT2D eigenvalue weighted by Gasteiger charge is -2.17. The summed E-state index contributed by atoms with van der Waals surface area (Å²) in [5.74, 6) is 0. The van der Waals surface area contributed by atoms with Crippen molar-refractivity contribution in [3.05, 3.63) is 11.1 Å². The molecule has 0 fully saturated rings. The second-order valence-corrected chi connectivity index (χ2v) is 3.68. The summed E-state index contributed by atoms with van der Waals surface area (Å²) in [6.45, 7) is 5.99. The molecule has 0 rings (SSSR count). The van der Waals surface area contributed by atoms with E-state index in [0.29, 0.717) is 0 Å². The topological polar surface area (TPSA) is 12.0 Å². The fourth-order valence-electron chi connectivity index (χ4n) is 0.525. The zero-order chi connectivity index (χ0) is 7.49. The van der Waals surface area contributed by atoms with Gasteiger partial charge in [0.05, 0.1) is 0 Å². The first-order valence-corrected chi connectivity index (χ1v) is 4.16. The van der Waals surface area contributed by atoms with Crippen molar-refractivity contribution in [2.75, 3.05) is 0 Å². The molecule has 0 aromatic carbocycles. The van der Waals surface area contributed by atoms with Gasteiger partial charge in [0.15, 0.2) is 0 Å². The molecule has 0 heterocycles. The molecular weight excluding hydrogens is 248 g/mol. The van der Waals surface area contributed by atoms with Crippen LogP contribution in [0.3, 0.4) is 0 Å². The van der Waals surface area contributed by atoms with Crippen LogP contribution in [0, 0.1) is 0 Å². The average Bonchev–Trinajstić information content (AvgIpc) is 1.63. The summed E-state index contributed by atoms with van der Waals surface area (Å²) in [6.07, 6.45) is 1.97. The predicted molar refractivity (Wildman–Crippen MR) is 50.8 cm³/mol. The molecular formula is C6H11ClIN. The Balaban J connectivity index is 4.01. The molecule has 0 spiro atoms. The number of hydrogen-bond donors (Lipinski definition) is 1. The fourth-order valence-corrected chi connectivity index (χ4v) is 0.953. The summed E-state index contributed by atoms with van der Waals surface area (Å²) in [5, 5.41) is 0.823. The van der Waals surface area contributed by atoms with Gasteiger partial charge < -0.3 is 0 Å². The molecule has 0 amide bonds. The van der Waals surface area contributed by atoms with Crippen LogP contribution >= 0.6 is 34.5 Å². The molecule has 0 aliphatic rings. The molecule has 0 aliphatic carbocycles. The number of allylic oxidation sites excluding steroid dienone is 1. The van der Waals surface area contributed by atoms with E-state index in [1.54, 1.807) is 0 Å². The highest BCUT2D eigenvalue weighted by Crippen LogP contribution is 2.11. The van der Waals surface area contributed by atoms with Crippen LogP contribution in [0.2, 0.25) is 0 Å². The molecule has 0 atom stereocenters. The summed E-state index contributed by atoms with van der Waals surface area (Å²) in [5.41, 5.74) is 0.00634. The Morgan fingerprint density at radius 1 is 1.67 bits per heavy atom. The molecule has 0 aromatic heterocycles. The summed E-state index contributed by atoms with van der Waals surface area (Å²) in [6, 6.07) is 0. The first kappa shape index (κ1) is 9.72. The maximum atomic E-state index is 5.66. The van der Waals surface area contributed by atoms with Gasteiger partial charge in [0, 0.05) is 33.4 Å². The Morgan fingerprint density at radius 2 is 2.11 bits per heavy atom. The van der Waals surface area contributed by atoms with E-state index in [9.17, 15) is 0 Å². The average molecular weight is 260 g/mol. The minimum Gasteiger partial charge on any atom is -0.252 e. The van der Waals surface area contributed by atoms with Gasteiger partial charge in [-0.05, 0) is 20.8 Å². The Morgan fingerprint density at radius 3 is 2.22 bits per heavy atom. The van der Waals surface area contributed by atoms with Crippen LogP contribution in [0.1, 0.15) is 20.8 Å². The van der Waals surface area contributed by atoms with Crippen LogP contribution in [0.15, 0.2) is 11.1 Å². The van der Waals surface area contributed by atoms with Gasteiger partial charge in [-0.2, -0.15) is 0 Å². The first-order chi connectivity index (χ1) is 3.98. The molecule has 0 saturated heterocycles. The highest BCUT2D eigenvalue weighted by Gasteiger charge is 2.10. The van der Waals surface area contributed by atoms with Crippen LogP contribution in [0.5, 0.6) is 0 Å². The van der Waals surface area contributed by atoms with Crippen LogP contribution < -0.4 is 3.53 Å². The van der Waals surface area contributed by atoms with Crippen molar-refractivity contribution < 1.29 is 0 Å². The number of hydrogen-bond acceptors (Lipinski definition) is 1. The molecule has 54 valence electrons. The number of halogens is 2. The Kier molecular flexibility index (Phi) is 4.09. The van der Waals surface area contributed by atoms with Gasteiger partial charge in [-0.25, -0.2) is 0 Å². The second kappa shape index (κ2) is 3.78. The maximum absolute atomic E-state index is 5.66. The summed E-state index contributed by atoms with van der Waals surface area (Å²) >= 11 is 7.77. The molecule has 0 unspecified atom stereocenters. The van der Waals surface area contributed by atoms with Gasteiger partial charge in [0.2, 0.25) is 0 Å². The van der Waals surface area contributed by atoms with E-state index in [4.69, 9.17) is 11.6 Å². The third-order valence-corrected chi connectivity index (χ3v) is 2.30. The van der Waals surface area contributed by atoms with Crippen molar-refractivity contribution in [2.24, 2.45) is 0 Å². The molecule has 0 radical (unpaired) electrons. The highest BCUT2D eigenvalue weighted by atomic mass is 127. The summed E-state index contributed by atoms with van der Waals surface area (Å²) in [7, 11) is 0. The van der Waals surface area contributed by atoms with Crippen LogP contribution in [0.4, 0.5) is 0 Å². The van der Waals surface area contributed by atoms with Crippen molar-refractivity contribution in [1.82, 2.24) is 3.53 Å². The van der Waals surface area contributed by atoms with Crippen molar-refractivity contribution >= 4 is 34.5 Å². The van der Waals surface area contributed by atoms with E-state index in [2.05, 4.69) is 40.2 Å². The molecule has 0 saturated carbocycles. The zero-order valence-electron chi connectivity index (χ0n) is 5.83. The van der Waals surface area contributed by atoms with E-state index in [1.807, 2.05) is 13.0 Å². The minimum absolute atomic E-state index is 0.00634. The Labute approximate surface area is 75.3 Å². The van der Waals surface area contributed by atoms with E-state index < -0.39 is 0 Å². The predicted octanol–water partition coefficient (Wildman–Crippen LogP) is 2.85. The zero-order valence-corrected chi connectivity index (χ0v) is 8.75. The monoisotopic (exact) mass is 259 g/mol. The molecule has 3 heteroatoms. The molecule has 1 N–H and O–H groups in total. The molecule has 9 heavy (non-hydrogen) atoms. The van der Waals surface area contributed by atoms with Crippen LogP contribution in [-0.4, -0.2) is 5.54 Å². The van der Waals surface area contributed by atoms with Crippen LogP contribution in [-0.2, 0) is 0 Å². The maximum Gasteiger partial charge on any atom is 0.0412 e. The van der Waals surface area contributed by atoms with Crippen molar-refractivity contribution in [3.63, 3.8) is 0 Å². The lowest BCUT2D eigenvalue weighted by atomic mass is 10.1. The number of nitrogens with one attached hydrogen (secondary N) is 1. The highest BCUT2D eigenvalue weighted by molar-refractivity contribution is 14.1. The van der Waals surface area contributed by atoms with E-state index in [-0.39, 0.29) is 5.54 Å². The lowest BCUT2D eigenvalue weighted by Crippen LogP contribution is -2.29. The third kappa shape index (κ3) is 5.18.